The highest BCUT2D eigenvalue weighted by atomic mass is 16.2. The van der Waals surface area contributed by atoms with Gasteiger partial charge in [0.1, 0.15) is 0 Å². The van der Waals surface area contributed by atoms with Crippen LogP contribution in [0.15, 0.2) is 0 Å². The summed E-state index contributed by atoms with van der Waals surface area (Å²) in [7, 11) is 0. The Kier molecular flexibility index (Phi) is 5.35. The summed E-state index contributed by atoms with van der Waals surface area (Å²) < 4.78 is 0. The van der Waals surface area contributed by atoms with E-state index in [9.17, 15) is 0 Å². The van der Waals surface area contributed by atoms with Crippen LogP contribution in [0.3, 0.4) is 0 Å². The molecule has 0 unspecified atom stereocenters. The zero-order valence-electron chi connectivity index (χ0n) is 6.15. The lowest BCUT2D eigenvalue weighted by Crippen LogP contribution is -1.82. The van der Waals surface area contributed by atoms with Gasteiger partial charge < -0.3 is 5.11 Å². The van der Waals surface area contributed by atoms with Gasteiger partial charge in [-0.25, -0.2) is 0 Å². The maximum atomic E-state index is 8.33. The van der Waals surface area contributed by atoms with E-state index in [4.69, 9.17) is 5.11 Å². The molecule has 0 spiro atoms. The summed E-state index contributed by atoms with van der Waals surface area (Å²) in [4.78, 5) is 0. The van der Waals surface area contributed by atoms with Gasteiger partial charge in [-0.1, -0.05) is 13.8 Å². The maximum absolute atomic E-state index is 8.33. The van der Waals surface area contributed by atoms with Crippen LogP contribution in [0.1, 0.15) is 26.7 Å². The van der Waals surface area contributed by atoms with E-state index < -0.39 is 0 Å². The molecule has 1 heteroatoms. The zero-order valence-corrected chi connectivity index (χ0v) is 6.15. The Balaban J connectivity index is 3.16. The van der Waals surface area contributed by atoms with E-state index in [0.29, 0.717) is 12.3 Å². The molecule has 0 saturated heterocycles. The van der Waals surface area contributed by atoms with E-state index >= 15 is 0 Å². The summed E-state index contributed by atoms with van der Waals surface area (Å²) in [6, 6.07) is 0. The Labute approximate surface area is 57.1 Å². The van der Waals surface area contributed by atoms with Crippen LogP contribution < -0.4 is 0 Å². The molecule has 0 atom stereocenters. The van der Waals surface area contributed by atoms with Gasteiger partial charge in [-0.05, 0) is 5.92 Å². The second-order valence-electron chi connectivity index (χ2n) is 2.43. The fraction of sp³-hybridized carbons (Fsp3) is 0.750. The molecule has 0 amide bonds. The fourth-order valence-corrected chi connectivity index (χ4v) is 0.421. The fourth-order valence-electron chi connectivity index (χ4n) is 0.421. The van der Waals surface area contributed by atoms with Crippen molar-refractivity contribution in [3.8, 4) is 11.8 Å². The van der Waals surface area contributed by atoms with Crippen LogP contribution in [-0.4, -0.2) is 11.7 Å². The molecule has 52 valence electrons. The van der Waals surface area contributed by atoms with Crippen LogP contribution in [0.2, 0.25) is 0 Å². The molecule has 0 aromatic rings. The first-order chi connectivity index (χ1) is 4.27. The topological polar surface area (TPSA) is 20.2 Å². The largest absolute Gasteiger partial charge is 0.395 e. The lowest BCUT2D eigenvalue weighted by atomic mass is 10.1. The molecule has 0 aromatic heterocycles. The van der Waals surface area contributed by atoms with Crippen LogP contribution in [0.25, 0.3) is 0 Å². The van der Waals surface area contributed by atoms with Gasteiger partial charge in [0.05, 0.1) is 6.61 Å². The first kappa shape index (κ1) is 8.52. The van der Waals surface area contributed by atoms with Gasteiger partial charge in [-0.3, -0.25) is 0 Å². The Morgan fingerprint density at radius 2 is 2.00 bits per heavy atom. The van der Waals surface area contributed by atoms with Gasteiger partial charge in [0.15, 0.2) is 0 Å². The molecule has 0 aromatic carbocycles. The smallest absolute Gasteiger partial charge is 0.0540 e. The number of aliphatic hydroxyl groups excluding tert-OH is 1. The molecule has 0 saturated carbocycles. The van der Waals surface area contributed by atoms with Crippen molar-refractivity contribution in [2.75, 3.05) is 6.61 Å². The van der Waals surface area contributed by atoms with E-state index in [1.165, 1.54) is 0 Å². The third-order valence-corrected chi connectivity index (χ3v) is 0.872. The van der Waals surface area contributed by atoms with Crippen molar-refractivity contribution in [1.82, 2.24) is 0 Å². The second-order valence-corrected chi connectivity index (χ2v) is 2.43. The molecule has 1 nitrogen and oxygen atoms in total. The van der Waals surface area contributed by atoms with Gasteiger partial charge >= 0.3 is 0 Å². The summed E-state index contributed by atoms with van der Waals surface area (Å²) in [5, 5.41) is 8.33. The maximum Gasteiger partial charge on any atom is 0.0540 e. The molecule has 1 N–H and O–H groups in total. The summed E-state index contributed by atoms with van der Waals surface area (Å²) in [5.41, 5.74) is 0. The second kappa shape index (κ2) is 5.65. The Morgan fingerprint density at radius 1 is 1.33 bits per heavy atom. The van der Waals surface area contributed by atoms with Crippen molar-refractivity contribution in [1.29, 1.82) is 0 Å². The molecule has 0 rings (SSSR count). The number of hydrogen-bond acceptors (Lipinski definition) is 1. The minimum Gasteiger partial charge on any atom is -0.395 e. The third kappa shape index (κ3) is 7.52. The lowest BCUT2D eigenvalue weighted by molar-refractivity contribution is 0.305. The van der Waals surface area contributed by atoms with Crippen LogP contribution >= 0.6 is 0 Å². The van der Waals surface area contributed by atoms with Crippen LogP contribution in [0.4, 0.5) is 0 Å². The normalized spacial score (nSPS) is 8.89. The highest BCUT2D eigenvalue weighted by Gasteiger charge is 1.85. The standard InChI is InChI=1S/C8H14O/c1-8(2)6-4-3-5-7-9/h8-9H,5-7H2,1-2H3. The van der Waals surface area contributed by atoms with Gasteiger partial charge in [0, 0.05) is 12.8 Å². The minimum atomic E-state index is 0.186. The highest BCUT2D eigenvalue weighted by molar-refractivity contribution is 4.98. The van der Waals surface area contributed by atoms with E-state index in [0.717, 1.165) is 6.42 Å². The van der Waals surface area contributed by atoms with Crippen molar-refractivity contribution in [3.05, 3.63) is 0 Å². The van der Waals surface area contributed by atoms with Crippen molar-refractivity contribution >= 4 is 0 Å². The summed E-state index contributed by atoms with van der Waals surface area (Å²) in [6.45, 7) is 4.45. The molecule has 0 heterocycles. The monoisotopic (exact) mass is 126 g/mol. The van der Waals surface area contributed by atoms with Crippen LogP contribution in [0.5, 0.6) is 0 Å². The Hall–Kier alpha value is -0.480. The van der Waals surface area contributed by atoms with E-state index in [2.05, 4.69) is 25.7 Å². The number of rotatable bonds is 2. The Bertz CT molecular complexity index is 105. The average Bonchev–Trinajstić information content (AvgIpc) is 1.80. The van der Waals surface area contributed by atoms with E-state index in [1.54, 1.807) is 0 Å². The molecule has 0 bridgehead atoms. The first-order valence-electron chi connectivity index (χ1n) is 3.34. The first-order valence-corrected chi connectivity index (χ1v) is 3.34. The van der Waals surface area contributed by atoms with E-state index in [1.807, 2.05) is 0 Å². The number of aliphatic hydroxyl groups is 1. The van der Waals surface area contributed by atoms with Crippen molar-refractivity contribution in [2.45, 2.75) is 26.7 Å². The molecular weight excluding hydrogens is 112 g/mol. The molecule has 0 aliphatic rings. The van der Waals surface area contributed by atoms with Crippen molar-refractivity contribution in [2.24, 2.45) is 5.92 Å². The van der Waals surface area contributed by atoms with Crippen LogP contribution in [-0.2, 0) is 0 Å². The number of hydrogen-bond donors (Lipinski definition) is 1. The van der Waals surface area contributed by atoms with Gasteiger partial charge in [0.2, 0.25) is 0 Å². The molecule has 0 fully saturated rings. The molecular formula is C8H14O. The summed E-state index contributed by atoms with van der Waals surface area (Å²) in [5.74, 6) is 6.49. The Morgan fingerprint density at radius 3 is 2.44 bits per heavy atom. The van der Waals surface area contributed by atoms with E-state index in [-0.39, 0.29) is 6.61 Å². The summed E-state index contributed by atoms with van der Waals surface area (Å²) in [6.07, 6.45) is 1.56. The molecule has 0 aliphatic carbocycles. The molecule has 0 radical (unpaired) electrons. The molecule has 9 heavy (non-hydrogen) atoms. The predicted octanol–water partition coefficient (Wildman–Crippen LogP) is 1.42. The average molecular weight is 126 g/mol. The third-order valence-electron chi connectivity index (χ3n) is 0.872. The van der Waals surface area contributed by atoms with Gasteiger partial charge in [-0.15, -0.1) is 11.8 Å². The zero-order chi connectivity index (χ0) is 7.11. The highest BCUT2D eigenvalue weighted by Crippen LogP contribution is 1.95. The predicted molar refractivity (Wildman–Crippen MR) is 38.9 cm³/mol. The quantitative estimate of drug-likeness (QED) is 0.555. The SMILES string of the molecule is CC(C)CC#CCCO. The van der Waals surface area contributed by atoms with Crippen molar-refractivity contribution in [3.63, 3.8) is 0 Å². The van der Waals surface area contributed by atoms with Gasteiger partial charge in [-0.2, -0.15) is 0 Å². The molecule has 0 aliphatic heterocycles. The van der Waals surface area contributed by atoms with Crippen LogP contribution in [0, 0.1) is 17.8 Å². The minimum absolute atomic E-state index is 0.186. The lowest BCUT2D eigenvalue weighted by Gasteiger charge is -1.92. The summed E-state index contributed by atoms with van der Waals surface area (Å²) >= 11 is 0. The van der Waals surface area contributed by atoms with Crippen molar-refractivity contribution < 1.29 is 5.11 Å². The van der Waals surface area contributed by atoms with Gasteiger partial charge in [0.25, 0.3) is 0 Å².